The molecule has 1 aliphatic rings. The third-order valence-electron chi connectivity index (χ3n) is 5.53. The van der Waals surface area contributed by atoms with Crippen molar-refractivity contribution in [3.63, 3.8) is 0 Å². The molecule has 1 aliphatic heterocycles. The van der Waals surface area contributed by atoms with E-state index in [2.05, 4.69) is 5.32 Å². The molecule has 3 rings (SSSR count). The molecular weight excluding hydrogens is 466 g/mol. The van der Waals surface area contributed by atoms with E-state index >= 15 is 0 Å². The Hall–Kier alpha value is -2.63. The SMILES string of the molecule is CCN(c1ccccc1)S(=O)(=O)c1ccc(OC)c(NC(=O)C2CCCCN2S(C)(=O)=O)c1. The first-order valence-electron chi connectivity index (χ1n) is 10.6. The van der Waals surface area contributed by atoms with E-state index in [1.54, 1.807) is 37.3 Å². The molecule has 0 aliphatic carbocycles. The van der Waals surface area contributed by atoms with E-state index in [1.165, 1.54) is 33.9 Å². The van der Waals surface area contributed by atoms with Crippen molar-refractivity contribution in [1.82, 2.24) is 4.31 Å². The maximum Gasteiger partial charge on any atom is 0.264 e. The number of carbonyl (C=O) groups is 1. The molecule has 0 radical (unpaired) electrons. The van der Waals surface area contributed by atoms with Gasteiger partial charge >= 0.3 is 0 Å². The van der Waals surface area contributed by atoms with Crippen molar-refractivity contribution < 1.29 is 26.4 Å². The first kappa shape index (κ1) is 25.0. The number of methoxy groups -OCH3 is 1. The maximum absolute atomic E-state index is 13.4. The number of amides is 1. The fraction of sp³-hybridized carbons (Fsp3) is 0.409. The summed E-state index contributed by atoms with van der Waals surface area (Å²) in [7, 11) is -6.08. The number of hydrogen-bond acceptors (Lipinski definition) is 6. The van der Waals surface area contributed by atoms with E-state index < -0.39 is 32.0 Å². The number of nitrogens with one attached hydrogen (secondary N) is 1. The van der Waals surface area contributed by atoms with Gasteiger partial charge in [0.15, 0.2) is 0 Å². The molecule has 1 heterocycles. The fourth-order valence-corrected chi connectivity index (χ4v) is 6.56. The van der Waals surface area contributed by atoms with Gasteiger partial charge in [-0.1, -0.05) is 24.6 Å². The van der Waals surface area contributed by atoms with Gasteiger partial charge in [0.2, 0.25) is 15.9 Å². The Balaban J connectivity index is 1.95. The Bertz CT molecular complexity index is 1200. The molecule has 1 saturated heterocycles. The number of para-hydroxylation sites is 1. The summed E-state index contributed by atoms with van der Waals surface area (Å²) >= 11 is 0. The molecule has 1 fully saturated rings. The molecule has 0 aromatic heterocycles. The van der Waals surface area contributed by atoms with E-state index in [0.29, 0.717) is 18.5 Å². The van der Waals surface area contributed by atoms with Gasteiger partial charge in [0.1, 0.15) is 11.8 Å². The summed E-state index contributed by atoms with van der Waals surface area (Å²) in [4.78, 5) is 13.0. The van der Waals surface area contributed by atoms with Crippen LogP contribution >= 0.6 is 0 Å². The molecule has 1 amide bonds. The number of nitrogens with zero attached hydrogens (tertiary/aromatic N) is 2. The predicted octanol–water partition coefficient (Wildman–Crippen LogP) is 2.66. The zero-order valence-electron chi connectivity index (χ0n) is 18.9. The Labute approximate surface area is 195 Å². The van der Waals surface area contributed by atoms with Crippen LogP contribution in [-0.4, -0.2) is 59.5 Å². The van der Waals surface area contributed by atoms with Gasteiger partial charge in [-0.3, -0.25) is 9.10 Å². The highest BCUT2D eigenvalue weighted by Gasteiger charge is 2.35. The van der Waals surface area contributed by atoms with Crippen LogP contribution in [0.2, 0.25) is 0 Å². The molecule has 1 atom stereocenters. The lowest BCUT2D eigenvalue weighted by Crippen LogP contribution is -2.49. The minimum absolute atomic E-state index is 0.0204. The number of carbonyl (C=O) groups excluding carboxylic acids is 1. The first-order chi connectivity index (χ1) is 15.6. The minimum Gasteiger partial charge on any atom is -0.495 e. The Morgan fingerprint density at radius 3 is 2.42 bits per heavy atom. The Morgan fingerprint density at radius 2 is 1.82 bits per heavy atom. The second-order valence-corrected chi connectivity index (χ2v) is 11.5. The summed E-state index contributed by atoms with van der Waals surface area (Å²) in [5, 5.41) is 2.69. The summed E-state index contributed by atoms with van der Waals surface area (Å²) < 4.78 is 58.8. The van der Waals surface area contributed by atoms with Crippen LogP contribution in [0.25, 0.3) is 0 Å². The van der Waals surface area contributed by atoms with E-state index in [0.717, 1.165) is 12.7 Å². The topological polar surface area (TPSA) is 113 Å². The van der Waals surface area contributed by atoms with Crippen LogP contribution in [0, 0.1) is 0 Å². The molecule has 9 nitrogen and oxygen atoms in total. The third kappa shape index (κ3) is 5.48. The van der Waals surface area contributed by atoms with E-state index in [9.17, 15) is 21.6 Å². The van der Waals surface area contributed by atoms with Gasteiger partial charge in [0, 0.05) is 13.1 Å². The summed E-state index contributed by atoms with van der Waals surface area (Å²) in [6, 6.07) is 12.1. The van der Waals surface area contributed by atoms with Crippen molar-refractivity contribution in [3.8, 4) is 5.75 Å². The van der Waals surface area contributed by atoms with Crippen LogP contribution in [-0.2, 0) is 24.8 Å². The smallest absolute Gasteiger partial charge is 0.264 e. The van der Waals surface area contributed by atoms with Gasteiger partial charge in [0.05, 0.1) is 29.6 Å². The summed E-state index contributed by atoms with van der Waals surface area (Å²) in [6.07, 6.45) is 2.87. The highest BCUT2D eigenvalue weighted by Crippen LogP contribution is 2.31. The van der Waals surface area contributed by atoms with Gasteiger partial charge in [-0.15, -0.1) is 0 Å². The van der Waals surface area contributed by atoms with Gasteiger partial charge in [-0.2, -0.15) is 4.31 Å². The van der Waals surface area contributed by atoms with Crippen molar-refractivity contribution >= 4 is 37.3 Å². The highest BCUT2D eigenvalue weighted by molar-refractivity contribution is 7.92. The van der Waals surface area contributed by atoms with Crippen LogP contribution in [0.1, 0.15) is 26.2 Å². The quantitative estimate of drug-likeness (QED) is 0.602. The number of benzene rings is 2. The molecule has 0 bridgehead atoms. The Morgan fingerprint density at radius 1 is 1.12 bits per heavy atom. The standard InChI is InChI=1S/C22H29N3O6S2/c1-4-24(17-10-6-5-7-11-17)33(29,30)18-13-14-21(31-2)19(16-18)23-22(26)20-12-8-9-15-25(20)32(3,27)28/h5-7,10-11,13-14,16,20H,4,8-9,12,15H2,1-3H3,(H,23,26). The maximum atomic E-state index is 13.4. The second-order valence-electron chi connectivity index (χ2n) is 7.74. The minimum atomic E-state index is -3.93. The normalized spacial score (nSPS) is 17.4. The van der Waals surface area contributed by atoms with Gasteiger partial charge in [0.25, 0.3) is 10.0 Å². The molecule has 180 valence electrons. The fourth-order valence-electron chi connectivity index (χ4n) is 3.94. The second kappa shape index (κ2) is 10.1. The molecule has 1 unspecified atom stereocenters. The molecular formula is C22H29N3O6S2. The van der Waals surface area contributed by atoms with Crippen molar-refractivity contribution in [3.05, 3.63) is 48.5 Å². The summed E-state index contributed by atoms with van der Waals surface area (Å²) in [6.45, 7) is 2.22. The number of sulfonamides is 2. The molecule has 2 aromatic carbocycles. The van der Waals surface area contributed by atoms with Crippen LogP contribution in [0.4, 0.5) is 11.4 Å². The lowest BCUT2D eigenvalue weighted by atomic mass is 10.0. The molecule has 2 aromatic rings. The van der Waals surface area contributed by atoms with Crippen molar-refractivity contribution in [2.45, 2.75) is 37.1 Å². The molecule has 33 heavy (non-hydrogen) atoms. The van der Waals surface area contributed by atoms with Crippen molar-refractivity contribution in [2.75, 3.05) is 36.1 Å². The van der Waals surface area contributed by atoms with Crippen molar-refractivity contribution in [2.24, 2.45) is 0 Å². The van der Waals surface area contributed by atoms with Gasteiger partial charge < -0.3 is 10.1 Å². The summed E-state index contributed by atoms with van der Waals surface area (Å²) in [5.41, 5.74) is 0.680. The third-order valence-corrected chi connectivity index (χ3v) is 8.72. The average molecular weight is 496 g/mol. The number of anilines is 2. The van der Waals surface area contributed by atoms with E-state index in [4.69, 9.17) is 4.74 Å². The largest absolute Gasteiger partial charge is 0.495 e. The summed E-state index contributed by atoms with van der Waals surface area (Å²) in [5.74, 6) is -0.254. The van der Waals surface area contributed by atoms with Crippen LogP contribution < -0.4 is 14.4 Å². The monoisotopic (exact) mass is 495 g/mol. The van der Waals surface area contributed by atoms with Crippen LogP contribution in [0.5, 0.6) is 5.75 Å². The number of ether oxygens (including phenoxy) is 1. The molecule has 0 spiro atoms. The zero-order valence-corrected chi connectivity index (χ0v) is 20.5. The molecule has 1 N–H and O–H groups in total. The average Bonchev–Trinajstić information content (AvgIpc) is 2.79. The van der Waals surface area contributed by atoms with E-state index in [1.807, 2.05) is 0 Å². The van der Waals surface area contributed by atoms with E-state index in [-0.39, 0.29) is 29.4 Å². The van der Waals surface area contributed by atoms with Crippen LogP contribution in [0.15, 0.2) is 53.4 Å². The van der Waals surface area contributed by atoms with Gasteiger partial charge in [-0.25, -0.2) is 16.8 Å². The zero-order chi connectivity index (χ0) is 24.2. The lowest BCUT2D eigenvalue weighted by molar-refractivity contribution is -0.120. The number of rotatable bonds is 8. The van der Waals surface area contributed by atoms with Crippen LogP contribution in [0.3, 0.4) is 0 Å². The highest BCUT2D eigenvalue weighted by atomic mass is 32.2. The molecule has 0 saturated carbocycles. The first-order valence-corrected chi connectivity index (χ1v) is 13.9. The number of piperidine rings is 1. The van der Waals surface area contributed by atoms with Gasteiger partial charge in [-0.05, 0) is 50.1 Å². The predicted molar refractivity (Wildman–Crippen MR) is 127 cm³/mol. The lowest BCUT2D eigenvalue weighted by Gasteiger charge is -2.32. The molecule has 11 heteroatoms. The van der Waals surface area contributed by atoms with Crippen molar-refractivity contribution in [1.29, 1.82) is 0 Å². The number of hydrogen-bond donors (Lipinski definition) is 1. The Kier molecular flexibility index (Phi) is 7.65.